The van der Waals surface area contributed by atoms with Crippen molar-refractivity contribution in [1.82, 2.24) is 10.1 Å². The summed E-state index contributed by atoms with van der Waals surface area (Å²) >= 11 is 1.43. The van der Waals surface area contributed by atoms with Crippen LogP contribution in [-0.4, -0.2) is 48.8 Å². The van der Waals surface area contributed by atoms with E-state index in [2.05, 4.69) is 23.9 Å². The number of hydrogen-bond acceptors (Lipinski definition) is 6. The lowest BCUT2D eigenvalue weighted by molar-refractivity contribution is 0.0727. The normalized spacial score (nSPS) is 14.3. The van der Waals surface area contributed by atoms with Crippen molar-refractivity contribution < 1.29 is 18.4 Å². The van der Waals surface area contributed by atoms with Gasteiger partial charge in [-0.3, -0.25) is 4.79 Å². The van der Waals surface area contributed by atoms with Gasteiger partial charge in [-0.1, -0.05) is 25.1 Å². The van der Waals surface area contributed by atoms with E-state index in [4.69, 9.17) is 9.26 Å². The predicted octanol–water partition coefficient (Wildman–Crippen LogP) is 4.68. The third-order valence-corrected chi connectivity index (χ3v) is 5.99. The highest BCUT2D eigenvalue weighted by Crippen LogP contribution is 2.33. The van der Waals surface area contributed by atoms with Crippen LogP contribution >= 0.6 is 11.3 Å². The van der Waals surface area contributed by atoms with E-state index in [1.54, 1.807) is 12.1 Å². The Morgan fingerprint density at radius 3 is 2.61 bits per heavy atom. The van der Waals surface area contributed by atoms with E-state index in [1.807, 2.05) is 22.4 Å². The molecule has 1 aromatic carbocycles. The minimum atomic E-state index is -0.309. The molecule has 0 radical (unpaired) electrons. The third kappa shape index (κ3) is 4.97. The second-order valence-corrected chi connectivity index (χ2v) is 8.93. The topological polar surface area (TPSA) is 58.8 Å². The van der Waals surface area contributed by atoms with Crippen molar-refractivity contribution in [3.63, 3.8) is 0 Å². The number of anilines is 1. The van der Waals surface area contributed by atoms with Crippen molar-refractivity contribution >= 4 is 23.1 Å². The molecule has 3 heterocycles. The summed E-state index contributed by atoms with van der Waals surface area (Å²) in [6.07, 6.45) is 0. The van der Waals surface area contributed by atoms with Gasteiger partial charge in [-0.25, -0.2) is 4.39 Å². The molecule has 0 spiro atoms. The van der Waals surface area contributed by atoms with Crippen molar-refractivity contribution in [3.8, 4) is 11.3 Å². The number of halogens is 1. The van der Waals surface area contributed by atoms with E-state index in [-0.39, 0.29) is 11.7 Å². The summed E-state index contributed by atoms with van der Waals surface area (Å²) in [5.41, 5.74) is 2.22. The number of benzene rings is 1. The van der Waals surface area contributed by atoms with Crippen LogP contribution in [0.4, 0.5) is 10.3 Å². The molecule has 1 fully saturated rings. The first-order chi connectivity index (χ1) is 15.0. The Labute approximate surface area is 185 Å². The summed E-state index contributed by atoms with van der Waals surface area (Å²) in [5.74, 6) is 0.625. The second kappa shape index (κ2) is 9.62. The average molecular weight is 444 g/mol. The average Bonchev–Trinajstić information content (AvgIpc) is 3.44. The standard InChI is InChI=1S/C23H26FN3O3S/c1-16(2)14-27(22(28)20-4-3-13-31-20)15-19-21(17-5-7-18(24)8-6-17)25-30-23(19)26-9-11-29-12-10-26/h3-8,13,16H,9-12,14-15H2,1-2H3. The predicted molar refractivity (Wildman–Crippen MR) is 119 cm³/mol. The summed E-state index contributed by atoms with van der Waals surface area (Å²) in [4.78, 5) is 17.9. The molecule has 0 bridgehead atoms. The lowest BCUT2D eigenvalue weighted by Crippen LogP contribution is -2.38. The summed E-state index contributed by atoms with van der Waals surface area (Å²) in [6, 6.07) is 9.92. The molecule has 3 aromatic rings. The number of carbonyl (C=O) groups is 1. The first-order valence-electron chi connectivity index (χ1n) is 10.4. The monoisotopic (exact) mass is 443 g/mol. The Morgan fingerprint density at radius 2 is 1.97 bits per heavy atom. The molecule has 8 heteroatoms. The molecule has 1 saturated heterocycles. The van der Waals surface area contributed by atoms with E-state index in [0.29, 0.717) is 61.8 Å². The number of carbonyl (C=O) groups excluding carboxylic acids is 1. The molecule has 0 N–H and O–H groups in total. The lowest BCUT2D eigenvalue weighted by atomic mass is 10.1. The van der Waals surface area contributed by atoms with Crippen molar-refractivity contribution in [2.75, 3.05) is 37.7 Å². The van der Waals surface area contributed by atoms with Gasteiger partial charge in [0.25, 0.3) is 5.91 Å². The van der Waals surface area contributed by atoms with Gasteiger partial charge in [0.15, 0.2) is 0 Å². The van der Waals surface area contributed by atoms with E-state index >= 15 is 0 Å². The van der Waals surface area contributed by atoms with Crippen molar-refractivity contribution in [3.05, 3.63) is 58.0 Å². The lowest BCUT2D eigenvalue weighted by Gasteiger charge is -2.29. The van der Waals surface area contributed by atoms with Crippen LogP contribution in [0.15, 0.2) is 46.3 Å². The molecule has 1 aliphatic heterocycles. The van der Waals surface area contributed by atoms with Crippen molar-refractivity contribution in [2.45, 2.75) is 20.4 Å². The summed E-state index contributed by atoms with van der Waals surface area (Å²) < 4.78 is 24.8. The first kappa shape index (κ1) is 21.5. The molecular formula is C23H26FN3O3S. The fraction of sp³-hybridized carbons (Fsp3) is 0.391. The van der Waals surface area contributed by atoms with Gasteiger partial charge in [-0.15, -0.1) is 11.3 Å². The SMILES string of the molecule is CC(C)CN(Cc1c(-c2ccc(F)cc2)noc1N1CCOCC1)C(=O)c1cccs1. The molecule has 164 valence electrons. The summed E-state index contributed by atoms with van der Waals surface area (Å²) in [6.45, 7) is 7.73. The molecular weight excluding hydrogens is 417 g/mol. The summed E-state index contributed by atoms with van der Waals surface area (Å²) in [5, 5.41) is 6.24. The van der Waals surface area contributed by atoms with Gasteiger partial charge in [0.1, 0.15) is 11.5 Å². The fourth-order valence-corrected chi connectivity index (χ4v) is 4.39. The van der Waals surface area contributed by atoms with Gasteiger partial charge in [0.05, 0.1) is 30.2 Å². The number of aromatic nitrogens is 1. The Bertz CT molecular complexity index is 996. The van der Waals surface area contributed by atoms with E-state index in [9.17, 15) is 9.18 Å². The van der Waals surface area contributed by atoms with Gasteiger partial charge in [-0.2, -0.15) is 0 Å². The van der Waals surface area contributed by atoms with Gasteiger partial charge < -0.3 is 19.1 Å². The van der Waals surface area contributed by atoms with Crippen LogP contribution in [0.3, 0.4) is 0 Å². The van der Waals surface area contributed by atoms with Crippen LogP contribution in [0, 0.1) is 11.7 Å². The van der Waals surface area contributed by atoms with Gasteiger partial charge >= 0.3 is 0 Å². The second-order valence-electron chi connectivity index (χ2n) is 7.98. The van der Waals surface area contributed by atoms with Gasteiger partial charge in [0, 0.05) is 25.2 Å². The highest BCUT2D eigenvalue weighted by Gasteiger charge is 2.28. The molecule has 1 amide bonds. The minimum Gasteiger partial charge on any atom is -0.378 e. The number of rotatable bonds is 7. The first-order valence-corrected chi connectivity index (χ1v) is 11.3. The van der Waals surface area contributed by atoms with Crippen LogP contribution in [0.1, 0.15) is 29.1 Å². The number of ether oxygens (including phenoxy) is 1. The number of thiophene rings is 1. The van der Waals surface area contributed by atoms with Crippen molar-refractivity contribution in [1.29, 1.82) is 0 Å². The van der Waals surface area contributed by atoms with Crippen LogP contribution in [0.2, 0.25) is 0 Å². The maximum atomic E-state index is 13.5. The van der Waals surface area contributed by atoms with Crippen LogP contribution in [0.25, 0.3) is 11.3 Å². The maximum absolute atomic E-state index is 13.5. The Kier molecular flexibility index (Phi) is 6.67. The van der Waals surface area contributed by atoms with Crippen LogP contribution < -0.4 is 4.90 Å². The Morgan fingerprint density at radius 1 is 1.23 bits per heavy atom. The van der Waals surface area contributed by atoms with Crippen LogP contribution in [-0.2, 0) is 11.3 Å². The van der Waals surface area contributed by atoms with E-state index < -0.39 is 0 Å². The summed E-state index contributed by atoms with van der Waals surface area (Å²) in [7, 11) is 0. The smallest absolute Gasteiger partial charge is 0.264 e. The fourth-order valence-electron chi connectivity index (χ4n) is 3.70. The number of hydrogen-bond donors (Lipinski definition) is 0. The molecule has 4 rings (SSSR count). The molecule has 1 aliphatic rings. The molecule has 0 aliphatic carbocycles. The van der Waals surface area contributed by atoms with Crippen molar-refractivity contribution in [2.24, 2.45) is 5.92 Å². The Hall–Kier alpha value is -2.71. The molecule has 0 unspecified atom stereocenters. The van der Waals surface area contributed by atoms with Gasteiger partial charge in [-0.05, 0) is 41.6 Å². The number of amides is 1. The number of morpholine rings is 1. The van der Waals surface area contributed by atoms with Crippen LogP contribution in [0.5, 0.6) is 0 Å². The molecule has 0 saturated carbocycles. The van der Waals surface area contributed by atoms with E-state index in [0.717, 1.165) is 11.1 Å². The quantitative estimate of drug-likeness (QED) is 0.531. The molecule has 2 aromatic heterocycles. The Balaban J connectivity index is 1.73. The maximum Gasteiger partial charge on any atom is 0.264 e. The highest BCUT2D eigenvalue weighted by molar-refractivity contribution is 7.12. The highest BCUT2D eigenvalue weighted by atomic mass is 32.1. The van der Waals surface area contributed by atoms with E-state index in [1.165, 1.54) is 23.5 Å². The zero-order valence-electron chi connectivity index (χ0n) is 17.7. The molecule has 0 atom stereocenters. The largest absolute Gasteiger partial charge is 0.378 e. The zero-order chi connectivity index (χ0) is 21.8. The zero-order valence-corrected chi connectivity index (χ0v) is 18.5. The number of nitrogens with zero attached hydrogens (tertiary/aromatic N) is 3. The molecule has 31 heavy (non-hydrogen) atoms. The molecule has 6 nitrogen and oxygen atoms in total. The third-order valence-electron chi connectivity index (χ3n) is 5.14. The minimum absolute atomic E-state index is 0.0112. The van der Waals surface area contributed by atoms with Gasteiger partial charge in [0.2, 0.25) is 5.88 Å².